The van der Waals surface area contributed by atoms with Gasteiger partial charge in [-0.1, -0.05) is 23.7 Å². The van der Waals surface area contributed by atoms with E-state index in [1.807, 2.05) is 16.8 Å². The highest BCUT2D eigenvalue weighted by molar-refractivity contribution is 6.30. The van der Waals surface area contributed by atoms with Crippen LogP contribution in [0.2, 0.25) is 5.02 Å². The first-order valence-corrected chi connectivity index (χ1v) is 13.5. The second-order valence-electron chi connectivity index (χ2n) is 10.5. The molecular formula is C27H36ClF3N4O3. The van der Waals surface area contributed by atoms with Crippen molar-refractivity contribution in [1.29, 1.82) is 0 Å². The molecule has 7 nitrogen and oxygen atoms in total. The van der Waals surface area contributed by atoms with Crippen molar-refractivity contribution in [3.05, 3.63) is 52.3 Å². The highest BCUT2D eigenvalue weighted by atomic mass is 35.5. The number of rotatable bonds is 4. The molecule has 38 heavy (non-hydrogen) atoms. The maximum Gasteiger partial charge on any atom is 0.490 e. The topological polar surface area (TPSA) is 70.8 Å². The van der Waals surface area contributed by atoms with Gasteiger partial charge in [-0.2, -0.15) is 18.3 Å². The molecule has 5 rings (SSSR count). The minimum atomic E-state index is -5.08. The van der Waals surface area contributed by atoms with Gasteiger partial charge in [0.2, 0.25) is 0 Å². The number of aliphatic carboxylic acids is 1. The first kappa shape index (κ1) is 28.9. The van der Waals surface area contributed by atoms with Crippen LogP contribution >= 0.6 is 11.6 Å². The van der Waals surface area contributed by atoms with Gasteiger partial charge in [0.1, 0.15) is 0 Å². The molecule has 2 atom stereocenters. The minimum Gasteiger partial charge on any atom is -0.475 e. The van der Waals surface area contributed by atoms with Gasteiger partial charge >= 0.3 is 12.1 Å². The second kappa shape index (κ2) is 12.4. The number of hydrogen-bond donors (Lipinski definition) is 1. The first-order valence-electron chi connectivity index (χ1n) is 13.1. The minimum absolute atomic E-state index is 0.548. The Morgan fingerprint density at radius 3 is 2.37 bits per heavy atom. The molecule has 0 amide bonds. The Labute approximate surface area is 226 Å². The molecule has 210 valence electrons. The molecule has 0 unspecified atom stereocenters. The zero-order valence-corrected chi connectivity index (χ0v) is 22.6. The van der Waals surface area contributed by atoms with E-state index < -0.39 is 12.1 Å². The molecule has 0 bridgehead atoms. The number of halogens is 4. The Hall–Kier alpha value is -2.14. The Morgan fingerprint density at radius 1 is 1.13 bits per heavy atom. The summed E-state index contributed by atoms with van der Waals surface area (Å²) in [5, 5.41) is 12.7. The maximum atomic E-state index is 10.6. The third-order valence-electron chi connectivity index (χ3n) is 8.03. The number of fused-ring (bicyclic) bond motifs is 1. The number of carboxylic acid groups (broad SMARTS) is 1. The summed E-state index contributed by atoms with van der Waals surface area (Å²) in [6.07, 6.45) is 1.04. The fourth-order valence-electron chi connectivity index (χ4n) is 5.88. The molecule has 2 saturated heterocycles. The summed E-state index contributed by atoms with van der Waals surface area (Å²) in [4.78, 5) is 14.4. The van der Waals surface area contributed by atoms with Crippen LogP contribution in [0.15, 0.2) is 30.3 Å². The van der Waals surface area contributed by atoms with Crippen LogP contribution in [-0.4, -0.2) is 87.8 Å². The predicted octanol–water partition coefficient (Wildman–Crippen LogP) is 4.67. The Balaban J connectivity index is 0.000000426. The lowest BCUT2D eigenvalue weighted by atomic mass is 9.82. The van der Waals surface area contributed by atoms with E-state index in [2.05, 4.69) is 42.0 Å². The molecule has 1 saturated carbocycles. The van der Waals surface area contributed by atoms with E-state index in [1.165, 1.54) is 42.6 Å². The molecule has 3 heterocycles. The third kappa shape index (κ3) is 7.28. The average Bonchev–Trinajstić information content (AvgIpc) is 3.23. The number of benzene rings is 1. The van der Waals surface area contributed by atoms with Crippen LogP contribution < -0.4 is 0 Å². The number of hydrogen-bond acceptors (Lipinski definition) is 5. The van der Waals surface area contributed by atoms with Crippen LogP contribution in [0, 0.1) is 6.92 Å². The molecule has 1 aromatic carbocycles. The molecule has 3 fully saturated rings. The van der Waals surface area contributed by atoms with E-state index >= 15 is 0 Å². The zero-order valence-electron chi connectivity index (χ0n) is 21.8. The summed E-state index contributed by atoms with van der Waals surface area (Å²) in [7, 11) is 2.05. The highest BCUT2D eigenvalue weighted by Crippen LogP contribution is 2.37. The normalized spacial score (nSPS) is 26.8. The lowest BCUT2D eigenvalue weighted by molar-refractivity contribution is -0.192. The fraction of sp³-hybridized carbons (Fsp3) is 0.630. The van der Waals surface area contributed by atoms with Crippen molar-refractivity contribution >= 4 is 17.6 Å². The number of ether oxygens (including phenoxy) is 1. The van der Waals surface area contributed by atoms with E-state index in [0.717, 1.165) is 44.3 Å². The summed E-state index contributed by atoms with van der Waals surface area (Å²) < 4.78 is 39.6. The van der Waals surface area contributed by atoms with Crippen LogP contribution in [0.1, 0.15) is 48.6 Å². The molecule has 0 radical (unpaired) electrons. The van der Waals surface area contributed by atoms with E-state index in [4.69, 9.17) is 31.3 Å². The first-order chi connectivity index (χ1) is 18.0. The molecule has 2 aromatic rings. The van der Waals surface area contributed by atoms with Gasteiger partial charge < -0.3 is 9.84 Å². The van der Waals surface area contributed by atoms with E-state index in [-0.39, 0.29) is 0 Å². The molecule has 1 aromatic heterocycles. The van der Waals surface area contributed by atoms with Gasteiger partial charge in [-0.15, -0.1) is 0 Å². The van der Waals surface area contributed by atoms with Crippen molar-refractivity contribution in [2.24, 2.45) is 7.05 Å². The number of alkyl halides is 3. The number of nitrogens with zero attached hydrogens (tertiary/aromatic N) is 4. The predicted molar refractivity (Wildman–Crippen MR) is 138 cm³/mol. The summed E-state index contributed by atoms with van der Waals surface area (Å²) in [6.45, 7) is 7.26. The SMILES string of the molecule is Cc1cc(C2CCC(N3C[C@@H]4COCCN4C[C@@H]3Cc3ccc(Cl)cc3)CC2)nn1C.O=C(O)C(F)(F)F. The number of aromatic nitrogens is 2. The van der Waals surface area contributed by atoms with Crippen molar-refractivity contribution in [1.82, 2.24) is 19.6 Å². The van der Waals surface area contributed by atoms with Gasteiger partial charge in [0.05, 0.1) is 18.9 Å². The van der Waals surface area contributed by atoms with Crippen LogP contribution in [0.25, 0.3) is 0 Å². The van der Waals surface area contributed by atoms with Crippen molar-refractivity contribution in [2.75, 3.05) is 32.8 Å². The standard InChI is InChI=1S/C25H35ClN4O.C2HF3O2/c1-18-13-25(27-28(18)2)20-5-9-22(10-6-20)30-16-24-17-31-12-11-29(24)15-23(30)14-19-3-7-21(26)8-4-19;3-2(4,5)1(6)7/h3-4,7-8,13,20,22-24H,5-6,9-12,14-17H2,1-2H3;(H,6,7)/t20?,22?,23-,24+;/m0./s1. The van der Waals surface area contributed by atoms with E-state index in [0.29, 0.717) is 24.0 Å². The van der Waals surface area contributed by atoms with Gasteiger partial charge in [-0.3, -0.25) is 14.5 Å². The van der Waals surface area contributed by atoms with Crippen molar-refractivity contribution in [2.45, 2.75) is 69.2 Å². The molecule has 2 aliphatic heterocycles. The number of aryl methyl sites for hydroxylation is 2. The Bertz CT molecular complexity index is 1050. The molecule has 3 aliphatic rings. The number of carbonyl (C=O) groups is 1. The monoisotopic (exact) mass is 556 g/mol. The van der Waals surface area contributed by atoms with Crippen molar-refractivity contribution in [3.63, 3.8) is 0 Å². The quantitative estimate of drug-likeness (QED) is 0.590. The van der Waals surface area contributed by atoms with Crippen LogP contribution in [-0.2, 0) is 23.0 Å². The van der Waals surface area contributed by atoms with Crippen LogP contribution in [0.3, 0.4) is 0 Å². The van der Waals surface area contributed by atoms with Gasteiger partial charge in [0, 0.05) is 61.4 Å². The average molecular weight is 557 g/mol. The fourth-order valence-corrected chi connectivity index (χ4v) is 6.00. The molecule has 0 spiro atoms. The summed E-state index contributed by atoms with van der Waals surface area (Å²) >= 11 is 6.13. The van der Waals surface area contributed by atoms with Crippen LogP contribution in [0.5, 0.6) is 0 Å². The van der Waals surface area contributed by atoms with E-state index in [1.54, 1.807) is 0 Å². The largest absolute Gasteiger partial charge is 0.490 e. The summed E-state index contributed by atoms with van der Waals surface area (Å²) in [6, 6.07) is 12.5. The molecule has 1 N–H and O–H groups in total. The Morgan fingerprint density at radius 2 is 1.79 bits per heavy atom. The van der Waals surface area contributed by atoms with Crippen molar-refractivity contribution in [3.8, 4) is 0 Å². The Kier molecular flexibility index (Phi) is 9.39. The maximum absolute atomic E-state index is 10.6. The highest BCUT2D eigenvalue weighted by Gasteiger charge is 2.40. The zero-order chi connectivity index (χ0) is 27.4. The lowest BCUT2D eigenvalue weighted by Gasteiger charge is -2.52. The smallest absolute Gasteiger partial charge is 0.475 e. The van der Waals surface area contributed by atoms with E-state index in [9.17, 15) is 13.2 Å². The van der Waals surface area contributed by atoms with Gasteiger partial charge in [-0.25, -0.2) is 4.79 Å². The third-order valence-corrected chi connectivity index (χ3v) is 8.28. The lowest BCUT2D eigenvalue weighted by Crippen LogP contribution is -2.64. The molecular weight excluding hydrogens is 521 g/mol. The number of carboxylic acids is 1. The molecule has 1 aliphatic carbocycles. The number of piperazine rings is 1. The van der Waals surface area contributed by atoms with Gasteiger partial charge in [0.15, 0.2) is 0 Å². The second-order valence-corrected chi connectivity index (χ2v) is 11.0. The number of morpholine rings is 1. The summed E-state index contributed by atoms with van der Waals surface area (Å²) in [5.74, 6) is -2.14. The van der Waals surface area contributed by atoms with Gasteiger partial charge in [-0.05, 0) is 62.8 Å². The summed E-state index contributed by atoms with van der Waals surface area (Å²) in [5.41, 5.74) is 3.94. The van der Waals surface area contributed by atoms with Gasteiger partial charge in [0.25, 0.3) is 0 Å². The van der Waals surface area contributed by atoms with Crippen molar-refractivity contribution < 1.29 is 27.8 Å². The molecule has 11 heteroatoms. The van der Waals surface area contributed by atoms with Crippen LogP contribution in [0.4, 0.5) is 13.2 Å².